The molecular formula is C30H26N2O6S. The molecule has 3 heterocycles. The van der Waals surface area contributed by atoms with Gasteiger partial charge >= 0.3 is 5.91 Å². The number of ether oxygens (including phenoxy) is 3. The van der Waals surface area contributed by atoms with Crippen LogP contribution in [-0.2, 0) is 16.0 Å². The van der Waals surface area contributed by atoms with E-state index < -0.39 is 17.7 Å². The normalized spacial score (nSPS) is 19.8. The maximum atomic E-state index is 13.6. The lowest BCUT2D eigenvalue weighted by Gasteiger charge is -2.23. The standard InChI is InChI=1S/C30H26N2O6S/c1-15-5-8-20-24(11-15)39-30(31-20)32-26(17-6-10-22(36-3)23(14-17)37-4)25(28(34)29(32)35)27(33)18-7-9-21-19(13-18)12-16(2)38-21/h5-11,13-14,16,26,33H,12H2,1-4H3/b27-25+. The number of anilines is 1. The van der Waals surface area contributed by atoms with E-state index in [4.69, 9.17) is 14.2 Å². The molecule has 1 aromatic heterocycles. The second-order valence-corrected chi connectivity index (χ2v) is 10.7. The van der Waals surface area contributed by atoms with E-state index in [-0.39, 0.29) is 17.4 Å². The molecule has 3 aromatic carbocycles. The summed E-state index contributed by atoms with van der Waals surface area (Å²) in [4.78, 5) is 33.3. The van der Waals surface area contributed by atoms with Gasteiger partial charge in [0, 0.05) is 12.0 Å². The number of methoxy groups -OCH3 is 2. The van der Waals surface area contributed by atoms with E-state index in [1.807, 2.05) is 38.1 Å². The van der Waals surface area contributed by atoms with Crippen molar-refractivity contribution in [2.45, 2.75) is 32.4 Å². The van der Waals surface area contributed by atoms with Gasteiger partial charge in [0.15, 0.2) is 16.6 Å². The number of hydrogen-bond donors (Lipinski definition) is 1. The number of amides is 1. The van der Waals surface area contributed by atoms with Crippen LogP contribution in [0.3, 0.4) is 0 Å². The van der Waals surface area contributed by atoms with Crippen molar-refractivity contribution < 1.29 is 28.9 Å². The van der Waals surface area contributed by atoms with Gasteiger partial charge in [-0.05, 0) is 73.0 Å². The van der Waals surface area contributed by atoms with Crippen molar-refractivity contribution in [3.63, 3.8) is 0 Å². The van der Waals surface area contributed by atoms with Gasteiger partial charge in [-0.2, -0.15) is 0 Å². The molecule has 39 heavy (non-hydrogen) atoms. The molecule has 0 bridgehead atoms. The molecule has 2 aliphatic heterocycles. The molecular weight excluding hydrogens is 516 g/mol. The Kier molecular flexibility index (Phi) is 6.03. The average Bonchev–Trinajstić information content (AvgIpc) is 3.59. The molecule has 1 saturated heterocycles. The van der Waals surface area contributed by atoms with Gasteiger partial charge in [-0.25, -0.2) is 4.98 Å². The third kappa shape index (κ3) is 4.10. The molecule has 0 spiro atoms. The molecule has 1 fully saturated rings. The Morgan fingerprint density at radius 1 is 1.05 bits per heavy atom. The number of aliphatic hydroxyl groups excluding tert-OH is 1. The van der Waals surface area contributed by atoms with Crippen LogP contribution in [0.5, 0.6) is 17.2 Å². The number of Topliss-reactive ketones (excluding diaryl/α,β-unsaturated/α-hetero) is 1. The Balaban J connectivity index is 1.55. The Labute approximate surface area is 229 Å². The van der Waals surface area contributed by atoms with E-state index in [2.05, 4.69) is 4.98 Å². The highest BCUT2D eigenvalue weighted by molar-refractivity contribution is 7.22. The molecule has 8 nitrogen and oxygen atoms in total. The summed E-state index contributed by atoms with van der Waals surface area (Å²) in [5.74, 6) is -0.112. The molecule has 1 amide bonds. The van der Waals surface area contributed by atoms with Crippen molar-refractivity contribution in [3.05, 3.63) is 82.4 Å². The summed E-state index contributed by atoms with van der Waals surface area (Å²) < 4.78 is 17.6. The highest BCUT2D eigenvalue weighted by Crippen LogP contribution is 2.46. The van der Waals surface area contributed by atoms with Crippen molar-refractivity contribution in [1.82, 2.24) is 4.98 Å². The van der Waals surface area contributed by atoms with Crippen LogP contribution in [0.15, 0.2) is 60.2 Å². The molecule has 0 aliphatic carbocycles. The number of aliphatic hydroxyl groups is 1. The summed E-state index contributed by atoms with van der Waals surface area (Å²) in [5, 5.41) is 11.9. The molecule has 0 saturated carbocycles. The smallest absolute Gasteiger partial charge is 0.301 e. The average molecular weight is 543 g/mol. The first-order chi connectivity index (χ1) is 18.8. The molecule has 6 rings (SSSR count). The fraction of sp³-hybridized carbons (Fsp3) is 0.233. The molecule has 2 unspecified atom stereocenters. The van der Waals surface area contributed by atoms with Crippen LogP contribution in [0.1, 0.15) is 35.2 Å². The maximum absolute atomic E-state index is 13.6. The Morgan fingerprint density at radius 3 is 2.62 bits per heavy atom. The SMILES string of the molecule is COc1ccc(C2/C(=C(\O)c3ccc4c(c3)CC(C)O4)C(=O)C(=O)N2c2nc3ccc(C)cc3s2)cc1OC. The lowest BCUT2D eigenvalue weighted by molar-refractivity contribution is -0.132. The van der Waals surface area contributed by atoms with Gasteiger partial charge in [0.1, 0.15) is 17.6 Å². The fourth-order valence-electron chi connectivity index (χ4n) is 5.22. The quantitative estimate of drug-likeness (QED) is 0.200. The first-order valence-electron chi connectivity index (χ1n) is 12.5. The van der Waals surface area contributed by atoms with Crippen LogP contribution in [0.2, 0.25) is 0 Å². The Morgan fingerprint density at radius 2 is 1.85 bits per heavy atom. The second-order valence-electron chi connectivity index (χ2n) is 9.71. The summed E-state index contributed by atoms with van der Waals surface area (Å²) in [7, 11) is 3.05. The summed E-state index contributed by atoms with van der Waals surface area (Å²) >= 11 is 1.32. The van der Waals surface area contributed by atoms with Crippen molar-refractivity contribution in [3.8, 4) is 17.2 Å². The highest BCUT2D eigenvalue weighted by atomic mass is 32.1. The number of hydrogen-bond acceptors (Lipinski definition) is 8. The lowest BCUT2D eigenvalue weighted by Crippen LogP contribution is -2.29. The highest BCUT2D eigenvalue weighted by Gasteiger charge is 2.48. The number of ketones is 1. The zero-order valence-corrected chi connectivity index (χ0v) is 22.7. The zero-order chi connectivity index (χ0) is 27.4. The first kappa shape index (κ1) is 24.9. The first-order valence-corrected chi connectivity index (χ1v) is 13.3. The number of carbonyl (C=O) groups excluding carboxylic acids is 2. The van der Waals surface area contributed by atoms with E-state index in [1.54, 1.807) is 30.3 Å². The van der Waals surface area contributed by atoms with Gasteiger partial charge in [0.2, 0.25) is 0 Å². The van der Waals surface area contributed by atoms with Crippen LogP contribution in [0.4, 0.5) is 5.13 Å². The molecule has 1 N–H and O–H groups in total. The maximum Gasteiger partial charge on any atom is 0.301 e. The third-order valence-electron chi connectivity index (χ3n) is 7.08. The van der Waals surface area contributed by atoms with Crippen LogP contribution in [0.25, 0.3) is 16.0 Å². The van der Waals surface area contributed by atoms with Gasteiger partial charge in [-0.3, -0.25) is 14.5 Å². The lowest BCUT2D eigenvalue weighted by atomic mass is 9.94. The fourth-order valence-corrected chi connectivity index (χ4v) is 6.31. The minimum Gasteiger partial charge on any atom is -0.507 e. The summed E-state index contributed by atoms with van der Waals surface area (Å²) in [6.45, 7) is 3.96. The minimum atomic E-state index is -0.935. The van der Waals surface area contributed by atoms with Crippen molar-refractivity contribution in [2.75, 3.05) is 19.1 Å². The third-order valence-corrected chi connectivity index (χ3v) is 8.09. The van der Waals surface area contributed by atoms with Gasteiger partial charge in [0.05, 0.1) is 36.1 Å². The Bertz CT molecular complexity index is 1690. The number of benzene rings is 3. The number of thiazole rings is 1. The Hall–Kier alpha value is -4.37. The monoisotopic (exact) mass is 542 g/mol. The summed E-state index contributed by atoms with van der Waals surface area (Å²) in [6.07, 6.45) is 0.715. The number of carbonyl (C=O) groups is 2. The molecule has 0 radical (unpaired) electrons. The van der Waals surface area contributed by atoms with Crippen LogP contribution < -0.4 is 19.1 Å². The van der Waals surface area contributed by atoms with Gasteiger partial charge in [-0.1, -0.05) is 23.5 Å². The van der Waals surface area contributed by atoms with E-state index in [0.717, 1.165) is 27.1 Å². The molecule has 198 valence electrons. The second kappa shape index (κ2) is 9.43. The largest absolute Gasteiger partial charge is 0.507 e. The molecule has 9 heteroatoms. The van der Waals surface area contributed by atoms with Crippen LogP contribution in [-0.4, -0.2) is 42.1 Å². The van der Waals surface area contributed by atoms with Crippen molar-refractivity contribution >= 4 is 44.1 Å². The van der Waals surface area contributed by atoms with Crippen LogP contribution in [0, 0.1) is 6.92 Å². The topological polar surface area (TPSA) is 98.2 Å². The van der Waals surface area contributed by atoms with E-state index in [1.165, 1.54) is 30.5 Å². The number of aromatic nitrogens is 1. The van der Waals surface area contributed by atoms with E-state index in [0.29, 0.717) is 34.2 Å². The predicted octanol–water partition coefficient (Wildman–Crippen LogP) is 5.57. The van der Waals surface area contributed by atoms with E-state index in [9.17, 15) is 14.7 Å². The van der Waals surface area contributed by atoms with Crippen molar-refractivity contribution in [1.29, 1.82) is 0 Å². The zero-order valence-electron chi connectivity index (χ0n) is 21.8. The van der Waals surface area contributed by atoms with E-state index >= 15 is 0 Å². The van der Waals surface area contributed by atoms with Gasteiger partial charge in [0.25, 0.3) is 5.78 Å². The molecule has 2 atom stereocenters. The minimum absolute atomic E-state index is 0.0189. The number of rotatable bonds is 5. The molecule has 4 aromatic rings. The summed E-state index contributed by atoms with van der Waals surface area (Å²) in [6, 6.07) is 15.4. The number of nitrogens with zero attached hydrogens (tertiary/aromatic N) is 2. The number of fused-ring (bicyclic) bond motifs is 2. The van der Waals surface area contributed by atoms with Crippen molar-refractivity contribution in [2.24, 2.45) is 0 Å². The number of aryl methyl sites for hydroxylation is 1. The van der Waals surface area contributed by atoms with Gasteiger partial charge < -0.3 is 19.3 Å². The van der Waals surface area contributed by atoms with Gasteiger partial charge in [-0.15, -0.1) is 0 Å². The summed E-state index contributed by atoms with van der Waals surface area (Å²) in [5.41, 5.74) is 3.71. The van der Waals surface area contributed by atoms with Crippen LogP contribution >= 0.6 is 11.3 Å². The predicted molar refractivity (Wildman–Crippen MR) is 149 cm³/mol. The molecule has 2 aliphatic rings.